The lowest BCUT2D eigenvalue weighted by Gasteiger charge is -2.36. The summed E-state index contributed by atoms with van der Waals surface area (Å²) in [6.07, 6.45) is 5.18. The zero-order valence-corrected chi connectivity index (χ0v) is 18.7. The molecule has 0 bridgehead atoms. The van der Waals surface area contributed by atoms with Gasteiger partial charge < -0.3 is 24.8 Å². The van der Waals surface area contributed by atoms with Crippen LogP contribution in [0.4, 0.5) is 16.2 Å². The molecule has 0 unspecified atom stereocenters. The van der Waals surface area contributed by atoms with Crippen LogP contribution in [-0.4, -0.2) is 52.1 Å². The highest BCUT2D eigenvalue weighted by molar-refractivity contribution is 6.01. The van der Waals surface area contributed by atoms with E-state index in [0.717, 1.165) is 46.7 Å². The van der Waals surface area contributed by atoms with Crippen LogP contribution >= 0.6 is 0 Å². The molecule has 1 saturated heterocycles. The fourth-order valence-corrected chi connectivity index (χ4v) is 3.99. The van der Waals surface area contributed by atoms with Crippen LogP contribution in [-0.2, 0) is 0 Å². The number of hydrogen-bond donors (Lipinski definition) is 2. The molecule has 0 atom stereocenters. The third kappa shape index (κ3) is 4.59. The molecule has 0 aliphatic carbocycles. The van der Waals surface area contributed by atoms with Crippen LogP contribution in [0, 0.1) is 13.8 Å². The number of aromatic nitrogens is 3. The van der Waals surface area contributed by atoms with Crippen LogP contribution in [0.1, 0.15) is 11.4 Å². The number of H-pyrrole nitrogens is 1. The molecule has 168 valence electrons. The molecule has 8 heteroatoms. The fraction of sp³-hybridized carbons (Fsp3) is 0.240. The second-order valence-electron chi connectivity index (χ2n) is 8.22. The zero-order chi connectivity index (χ0) is 22.8. The monoisotopic (exact) mass is 442 g/mol. The molecular formula is C25H26N6O2. The summed E-state index contributed by atoms with van der Waals surface area (Å²) >= 11 is 0. The third-order valence-corrected chi connectivity index (χ3v) is 5.84. The molecule has 2 aromatic heterocycles. The number of fused-ring (bicyclic) bond motifs is 1. The molecule has 3 heterocycles. The molecule has 5 rings (SSSR count). The summed E-state index contributed by atoms with van der Waals surface area (Å²) in [5.41, 5.74) is 4.10. The lowest BCUT2D eigenvalue weighted by molar-refractivity contribution is 0.208. The topological polar surface area (TPSA) is 86.4 Å². The average molecular weight is 443 g/mol. The standard InChI is InChI=1S/C25H26N6O2/c1-17-3-8-23-22(13-17)24(16-28-23)29-25(32)31-11-9-30(10-12-31)19-4-6-20(7-5-19)33-21-14-26-18(2)27-15-21/h3-8,13-16,28H,9-12H2,1-2H3,(H,29,32). The number of aromatic amines is 1. The van der Waals surface area contributed by atoms with Crippen LogP contribution in [0.25, 0.3) is 10.9 Å². The van der Waals surface area contributed by atoms with Crippen molar-refractivity contribution >= 4 is 28.3 Å². The molecule has 0 saturated carbocycles. The van der Waals surface area contributed by atoms with Crippen LogP contribution in [0.15, 0.2) is 61.1 Å². The molecule has 1 aliphatic rings. The Hall–Kier alpha value is -4.07. The maximum atomic E-state index is 12.8. The Balaban J connectivity index is 1.17. The smallest absolute Gasteiger partial charge is 0.322 e. The van der Waals surface area contributed by atoms with Gasteiger partial charge in [-0.25, -0.2) is 14.8 Å². The quantitative estimate of drug-likeness (QED) is 0.478. The van der Waals surface area contributed by atoms with Crippen LogP contribution < -0.4 is 15.0 Å². The normalized spacial score (nSPS) is 13.9. The predicted octanol–water partition coefficient (Wildman–Crippen LogP) is 4.72. The van der Waals surface area contributed by atoms with E-state index in [1.54, 1.807) is 12.4 Å². The van der Waals surface area contributed by atoms with Crippen molar-refractivity contribution in [1.82, 2.24) is 19.9 Å². The second-order valence-corrected chi connectivity index (χ2v) is 8.22. The third-order valence-electron chi connectivity index (χ3n) is 5.84. The molecule has 1 aliphatic heterocycles. The van der Waals surface area contributed by atoms with Gasteiger partial charge in [-0.3, -0.25) is 0 Å². The summed E-state index contributed by atoms with van der Waals surface area (Å²) in [7, 11) is 0. The summed E-state index contributed by atoms with van der Waals surface area (Å²) in [6, 6.07) is 14.0. The lowest BCUT2D eigenvalue weighted by Crippen LogP contribution is -2.50. The first kappa shape index (κ1) is 20.8. The first-order valence-electron chi connectivity index (χ1n) is 11.0. The van der Waals surface area contributed by atoms with E-state index in [9.17, 15) is 4.79 Å². The number of piperazine rings is 1. The van der Waals surface area contributed by atoms with Crippen molar-refractivity contribution in [1.29, 1.82) is 0 Å². The summed E-state index contributed by atoms with van der Waals surface area (Å²) < 4.78 is 5.80. The molecule has 33 heavy (non-hydrogen) atoms. The van der Waals surface area contributed by atoms with Gasteiger partial charge in [0.1, 0.15) is 11.6 Å². The number of urea groups is 1. The van der Waals surface area contributed by atoms with E-state index in [-0.39, 0.29) is 6.03 Å². The molecule has 2 aromatic carbocycles. The van der Waals surface area contributed by atoms with E-state index in [0.29, 0.717) is 24.7 Å². The highest BCUT2D eigenvalue weighted by Crippen LogP contribution is 2.26. The predicted molar refractivity (Wildman–Crippen MR) is 129 cm³/mol. The van der Waals surface area contributed by atoms with Crippen molar-refractivity contribution in [2.24, 2.45) is 0 Å². The molecule has 8 nitrogen and oxygen atoms in total. The van der Waals surface area contributed by atoms with E-state index in [4.69, 9.17) is 4.74 Å². The number of carbonyl (C=O) groups is 1. The number of aryl methyl sites for hydroxylation is 2. The molecule has 0 spiro atoms. The van der Waals surface area contributed by atoms with Gasteiger partial charge in [0.25, 0.3) is 0 Å². The highest BCUT2D eigenvalue weighted by Gasteiger charge is 2.22. The molecule has 2 amide bonds. The van der Waals surface area contributed by atoms with Gasteiger partial charge in [0, 0.05) is 49.0 Å². The van der Waals surface area contributed by atoms with Crippen molar-refractivity contribution in [3.8, 4) is 11.5 Å². The van der Waals surface area contributed by atoms with E-state index in [1.807, 2.05) is 55.3 Å². The molecule has 4 aromatic rings. The number of rotatable bonds is 4. The average Bonchev–Trinajstić information content (AvgIpc) is 3.23. The minimum absolute atomic E-state index is 0.0684. The Bertz CT molecular complexity index is 1260. The van der Waals surface area contributed by atoms with Gasteiger partial charge in [0.05, 0.1) is 18.1 Å². The number of hydrogen-bond acceptors (Lipinski definition) is 5. The van der Waals surface area contributed by atoms with Crippen molar-refractivity contribution in [3.63, 3.8) is 0 Å². The van der Waals surface area contributed by atoms with Gasteiger partial charge in [-0.2, -0.15) is 0 Å². The van der Waals surface area contributed by atoms with Crippen LogP contribution in [0.5, 0.6) is 11.5 Å². The Morgan fingerprint density at radius 2 is 1.70 bits per heavy atom. The largest absolute Gasteiger partial charge is 0.454 e. The minimum atomic E-state index is -0.0684. The lowest BCUT2D eigenvalue weighted by atomic mass is 10.1. The number of ether oxygens (including phenoxy) is 1. The summed E-state index contributed by atoms with van der Waals surface area (Å²) in [5.74, 6) is 2.05. The van der Waals surface area contributed by atoms with E-state index in [1.165, 1.54) is 0 Å². The molecule has 1 fully saturated rings. The van der Waals surface area contributed by atoms with Gasteiger partial charge in [0.15, 0.2) is 5.75 Å². The maximum Gasteiger partial charge on any atom is 0.322 e. The summed E-state index contributed by atoms with van der Waals surface area (Å²) in [5, 5.41) is 4.09. The first-order chi connectivity index (χ1) is 16.0. The van der Waals surface area contributed by atoms with Gasteiger partial charge >= 0.3 is 6.03 Å². The molecule has 0 radical (unpaired) electrons. The van der Waals surface area contributed by atoms with E-state index in [2.05, 4.69) is 37.3 Å². The van der Waals surface area contributed by atoms with Crippen molar-refractivity contribution in [2.75, 3.05) is 36.4 Å². The van der Waals surface area contributed by atoms with Crippen molar-refractivity contribution in [3.05, 3.63) is 72.4 Å². The fourth-order valence-electron chi connectivity index (χ4n) is 3.99. The molecule has 2 N–H and O–H groups in total. The number of nitrogens with zero attached hydrogens (tertiary/aromatic N) is 4. The number of nitrogens with one attached hydrogen (secondary N) is 2. The Labute approximate surface area is 192 Å². The van der Waals surface area contributed by atoms with Crippen LogP contribution in [0.3, 0.4) is 0 Å². The Morgan fingerprint density at radius 3 is 2.42 bits per heavy atom. The Morgan fingerprint density at radius 1 is 0.970 bits per heavy atom. The van der Waals surface area contributed by atoms with Gasteiger partial charge in [-0.15, -0.1) is 0 Å². The van der Waals surface area contributed by atoms with Crippen molar-refractivity contribution < 1.29 is 9.53 Å². The van der Waals surface area contributed by atoms with E-state index >= 15 is 0 Å². The van der Waals surface area contributed by atoms with Crippen molar-refractivity contribution in [2.45, 2.75) is 13.8 Å². The second kappa shape index (κ2) is 8.82. The minimum Gasteiger partial charge on any atom is -0.454 e. The summed E-state index contributed by atoms with van der Waals surface area (Å²) in [6.45, 7) is 6.75. The maximum absolute atomic E-state index is 12.8. The Kier molecular flexibility index (Phi) is 5.56. The van der Waals surface area contributed by atoms with Crippen LogP contribution in [0.2, 0.25) is 0 Å². The first-order valence-corrected chi connectivity index (χ1v) is 11.0. The number of amides is 2. The SMILES string of the molecule is Cc1ccc2[nH]cc(NC(=O)N3CCN(c4ccc(Oc5cnc(C)nc5)cc4)CC3)c2c1. The van der Waals surface area contributed by atoms with Gasteiger partial charge in [0.2, 0.25) is 0 Å². The molecular weight excluding hydrogens is 416 g/mol. The zero-order valence-electron chi connectivity index (χ0n) is 18.7. The highest BCUT2D eigenvalue weighted by atomic mass is 16.5. The number of anilines is 2. The number of carbonyl (C=O) groups excluding carboxylic acids is 1. The number of benzene rings is 2. The summed E-state index contributed by atoms with van der Waals surface area (Å²) in [4.78, 5) is 28.5. The van der Waals surface area contributed by atoms with Gasteiger partial charge in [-0.1, -0.05) is 11.6 Å². The van der Waals surface area contributed by atoms with Gasteiger partial charge in [-0.05, 0) is 50.2 Å². The van der Waals surface area contributed by atoms with E-state index < -0.39 is 0 Å².